The van der Waals surface area contributed by atoms with Gasteiger partial charge in [-0.15, -0.1) is 5.43 Å². The van der Waals surface area contributed by atoms with E-state index in [0.29, 0.717) is 29.8 Å². The molecule has 458 valence electrons. The summed E-state index contributed by atoms with van der Waals surface area (Å²) in [7, 11) is 1.45. The number of hydrogen-bond donors (Lipinski definition) is 2. The number of nitrogens with zero attached hydrogens (tertiary/aromatic N) is 9. The molecule has 1 amide bonds. The zero-order chi connectivity index (χ0) is 61.4. The molecule has 2 unspecified atom stereocenters. The van der Waals surface area contributed by atoms with Gasteiger partial charge in [-0.05, 0) is 122 Å². The van der Waals surface area contributed by atoms with Crippen molar-refractivity contribution in [3.63, 3.8) is 0 Å². The van der Waals surface area contributed by atoms with E-state index >= 15 is 4.39 Å². The highest BCUT2D eigenvalue weighted by molar-refractivity contribution is 5.87. The highest BCUT2D eigenvalue weighted by Gasteiger charge is 2.48. The molecule has 85 heavy (non-hydrogen) atoms. The van der Waals surface area contributed by atoms with Gasteiger partial charge in [-0.3, -0.25) is 19.3 Å². The van der Waals surface area contributed by atoms with Crippen LogP contribution in [0.25, 0.3) is 5.69 Å². The van der Waals surface area contributed by atoms with Crippen molar-refractivity contribution in [1.29, 1.82) is 0 Å². The first-order valence-electron chi connectivity index (χ1n) is 28.6. The van der Waals surface area contributed by atoms with Crippen LogP contribution in [0.3, 0.4) is 0 Å². The van der Waals surface area contributed by atoms with Gasteiger partial charge in [0.1, 0.15) is 59.5 Å². The molecule has 5 aromatic rings. The molecule has 5 heterocycles. The highest BCUT2D eigenvalue weighted by Crippen LogP contribution is 2.42. The molecule has 2 fully saturated rings. The summed E-state index contributed by atoms with van der Waals surface area (Å²) >= 11 is 0. The average Bonchev–Trinajstić information content (AvgIpc) is 2.68. The molecule has 8 rings (SSSR count). The van der Waals surface area contributed by atoms with Crippen LogP contribution in [0.5, 0.6) is 5.75 Å². The van der Waals surface area contributed by atoms with Gasteiger partial charge < -0.3 is 43.3 Å². The number of ether oxygens (including phenoxy) is 6. The zero-order valence-corrected chi connectivity index (χ0v) is 50.0. The van der Waals surface area contributed by atoms with E-state index in [1.807, 2.05) is 55.5 Å². The summed E-state index contributed by atoms with van der Waals surface area (Å²) in [6, 6.07) is 22.0. The minimum Gasteiger partial charge on any atom is -0.493 e. The van der Waals surface area contributed by atoms with E-state index in [1.165, 1.54) is 45.9 Å². The second-order valence-electron chi connectivity index (χ2n) is 23.7. The van der Waals surface area contributed by atoms with E-state index in [1.54, 1.807) is 83.4 Å². The maximum atomic E-state index is 15.8. The molecule has 0 bridgehead atoms. The molecule has 3 aromatic carbocycles. The molecule has 2 aromatic heterocycles. The number of benzene rings is 3. The molecular formula is C61H79F2N10O12+. The van der Waals surface area contributed by atoms with Crippen molar-refractivity contribution in [2.45, 2.75) is 130 Å². The predicted molar refractivity (Wildman–Crippen MR) is 311 cm³/mol. The van der Waals surface area contributed by atoms with Crippen LogP contribution < -0.4 is 30.6 Å². The number of amides is 1. The van der Waals surface area contributed by atoms with Crippen molar-refractivity contribution in [3.05, 3.63) is 125 Å². The summed E-state index contributed by atoms with van der Waals surface area (Å²) < 4.78 is 69.7. The Morgan fingerprint density at radius 2 is 1.52 bits per heavy atom. The second kappa shape index (κ2) is 27.0. The fourth-order valence-electron chi connectivity index (χ4n) is 10.5. The Morgan fingerprint density at radius 1 is 0.882 bits per heavy atom. The molecular weight excluding hydrogens is 1100 g/mol. The first-order chi connectivity index (χ1) is 40.3. The number of hydrazine groups is 1. The third kappa shape index (κ3) is 16.3. The van der Waals surface area contributed by atoms with Crippen LogP contribution in [0.1, 0.15) is 105 Å². The van der Waals surface area contributed by atoms with Crippen LogP contribution in [0.4, 0.5) is 30.8 Å². The Morgan fingerprint density at radius 3 is 2.14 bits per heavy atom. The number of aliphatic hydroxyl groups excluding tert-OH is 1. The van der Waals surface area contributed by atoms with Gasteiger partial charge in [0.15, 0.2) is 6.67 Å². The zero-order valence-electron chi connectivity index (χ0n) is 50.0. The number of hydrogen-bond acceptors (Lipinski definition) is 18. The number of aromatic nitrogens is 4. The molecule has 2 N–H and O–H groups in total. The maximum Gasteiger partial charge on any atom is 0.418 e. The van der Waals surface area contributed by atoms with Crippen molar-refractivity contribution in [3.8, 4) is 11.4 Å². The maximum absolute atomic E-state index is 15.8. The Labute approximate surface area is 493 Å². The van der Waals surface area contributed by atoms with E-state index < -0.39 is 89.6 Å². The molecule has 3 aliphatic rings. The molecule has 22 nitrogen and oxygen atoms in total. The Balaban J connectivity index is 0.831. The van der Waals surface area contributed by atoms with E-state index in [0.717, 1.165) is 43.6 Å². The number of nitrogens with one attached hydrogen (secondary N) is 1. The van der Waals surface area contributed by atoms with Gasteiger partial charge in [-0.1, -0.05) is 19.1 Å². The highest BCUT2D eigenvalue weighted by atomic mass is 19.1. The Kier molecular flexibility index (Phi) is 20.0. The molecule has 0 saturated carbocycles. The monoisotopic (exact) mass is 1180 g/mol. The summed E-state index contributed by atoms with van der Waals surface area (Å²) in [5.41, 5.74) is 3.36. The quantitative estimate of drug-likeness (QED) is 0.0396. The lowest BCUT2D eigenvalue weighted by molar-refractivity contribution is -0.594. The summed E-state index contributed by atoms with van der Waals surface area (Å²) in [6.45, 7) is 19.0. The van der Waals surface area contributed by atoms with Crippen LogP contribution in [0, 0.1) is 23.5 Å². The first kappa shape index (κ1) is 63.1. The van der Waals surface area contributed by atoms with Gasteiger partial charge in [0.2, 0.25) is 6.23 Å². The van der Waals surface area contributed by atoms with E-state index in [9.17, 15) is 33.5 Å². The van der Waals surface area contributed by atoms with Gasteiger partial charge in [-0.2, -0.15) is 10.1 Å². The van der Waals surface area contributed by atoms with Crippen LogP contribution in [0.2, 0.25) is 0 Å². The van der Waals surface area contributed by atoms with Crippen LogP contribution >= 0.6 is 0 Å². The minimum absolute atomic E-state index is 0.102. The number of piperazine rings is 1. The molecule has 3 aliphatic heterocycles. The number of rotatable bonds is 22. The lowest BCUT2D eigenvalue weighted by atomic mass is 9.86. The fraction of sp³-hybridized carbons (Fsp3) is 0.508. The van der Waals surface area contributed by atoms with E-state index in [4.69, 9.17) is 28.4 Å². The molecule has 24 heteroatoms. The van der Waals surface area contributed by atoms with Crippen molar-refractivity contribution >= 4 is 47.5 Å². The Bertz CT molecular complexity index is 3230. The van der Waals surface area contributed by atoms with Crippen LogP contribution in [0.15, 0.2) is 96.2 Å². The molecule has 6 atom stereocenters. The smallest absolute Gasteiger partial charge is 0.418 e. The van der Waals surface area contributed by atoms with Gasteiger partial charge in [0.25, 0.3) is 6.34 Å². The third-order valence-corrected chi connectivity index (χ3v) is 14.8. The van der Waals surface area contributed by atoms with Crippen molar-refractivity contribution < 1.29 is 66.1 Å². The molecule has 0 spiro atoms. The topological polar surface area (TPSA) is 225 Å². The minimum atomic E-state index is -1.23. The SMILES string of the molecule is CC[C@@H]([C@H](C)O)n1ncn(-c2ccc(N3CCN(c4ccc(OC[C@@H]5CO[C@@](CN6C=[N+](C(C)OC(=O)N(C)c7ncccc7COC(=O)CC(CC(=O)OC(C)(C)C)C(=O)OC(C)(C)C)CN6)(c6ccc(F)cc6F)C5)cc4)CC3)cc2)c1=O. The lowest BCUT2D eigenvalue weighted by Crippen LogP contribution is -2.46. The average molecular weight is 1180 g/mol. The normalized spacial score (nSPS) is 18.7. The summed E-state index contributed by atoms with van der Waals surface area (Å²) in [5.74, 6) is -4.22. The summed E-state index contributed by atoms with van der Waals surface area (Å²) in [6.07, 6.45) is 2.36. The molecule has 2 saturated heterocycles. The van der Waals surface area contributed by atoms with Gasteiger partial charge in [0.05, 0.1) is 49.8 Å². The van der Waals surface area contributed by atoms with E-state index in [2.05, 4.69) is 25.3 Å². The van der Waals surface area contributed by atoms with Gasteiger partial charge in [0, 0.05) is 80.8 Å². The number of esters is 3. The Hall–Kier alpha value is -7.96. The van der Waals surface area contributed by atoms with Crippen molar-refractivity contribution in [2.75, 3.05) is 74.4 Å². The summed E-state index contributed by atoms with van der Waals surface area (Å²) in [4.78, 5) is 75.9. The third-order valence-electron chi connectivity index (χ3n) is 14.8. The number of carbonyl (C=O) groups excluding carboxylic acids is 4. The number of anilines is 3. The van der Waals surface area contributed by atoms with E-state index in [-0.39, 0.29) is 56.0 Å². The molecule has 0 radical (unpaired) electrons. The molecule has 0 aliphatic carbocycles. The number of pyridine rings is 1. The van der Waals surface area contributed by atoms with Crippen molar-refractivity contribution in [2.24, 2.45) is 11.8 Å². The lowest BCUT2D eigenvalue weighted by Gasteiger charge is -2.37. The van der Waals surface area contributed by atoms with Crippen LogP contribution in [-0.4, -0.2) is 148 Å². The van der Waals surface area contributed by atoms with Gasteiger partial charge in [-0.25, -0.2) is 37.2 Å². The van der Waals surface area contributed by atoms with Crippen molar-refractivity contribution in [1.82, 2.24) is 29.8 Å². The van der Waals surface area contributed by atoms with Crippen LogP contribution in [-0.2, 0) is 50.3 Å². The number of aliphatic hydroxyl groups is 1. The number of carbonyl (C=O) groups is 4. The second-order valence-corrected chi connectivity index (χ2v) is 23.7. The standard InChI is InChI=1S/C61H79F2N10O12/c1-11-52(40(2)74)73-57(78)72(38-66-73)48-17-15-46(16-18-48)68-25-27-69(28-26-68)47-19-21-49(22-20-47)80-33-42-32-61(82-34-42,50-23-14-45(62)31-51(50)63)36-71-39-70(37-65-71)41(3)83-58(79)67(10)55-43(13-12-24-64-55)35-81-53(75)29-44(56(77)85-60(7,8)9)30-54(76)84-59(4,5)6/h12-24,31,38-42,44,52,65,74H,11,25-30,32-37H2,1-10H3/q+1/t40-,41?,42+,44?,52-,61-/m0/s1. The number of halogens is 2. The largest absolute Gasteiger partial charge is 0.493 e. The fourth-order valence-corrected chi connectivity index (χ4v) is 10.5. The predicted octanol–water partition coefficient (Wildman–Crippen LogP) is 7.24. The first-order valence-corrected chi connectivity index (χ1v) is 28.6. The summed E-state index contributed by atoms with van der Waals surface area (Å²) in [5, 5.41) is 16.1. The van der Waals surface area contributed by atoms with Gasteiger partial charge >= 0.3 is 29.7 Å².